The maximum atomic E-state index is 13.3. The van der Waals surface area contributed by atoms with Crippen molar-refractivity contribution >= 4 is 29.6 Å². The number of unbranched alkanes of at least 4 members (excludes halogenated alkanes) is 1. The molecule has 0 spiro atoms. The Kier molecular flexibility index (Phi) is 12.2. The van der Waals surface area contributed by atoms with Crippen molar-refractivity contribution in [3.05, 3.63) is 35.9 Å². The van der Waals surface area contributed by atoms with Crippen LogP contribution in [-0.4, -0.2) is 53.8 Å². The predicted octanol–water partition coefficient (Wildman–Crippen LogP) is 1.75. The summed E-state index contributed by atoms with van der Waals surface area (Å²) in [6.07, 6.45) is 1.71. The number of rotatable bonds is 10. The van der Waals surface area contributed by atoms with Gasteiger partial charge in [-0.15, -0.1) is 0 Å². The molecular weight excluding hydrogens is 488 g/mol. The van der Waals surface area contributed by atoms with Gasteiger partial charge in [0.2, 0.25) is 23.6 Å². The summed E-state index contributed by atoms with van der Waals surface area (Å²) in [5, 5.41) is 7.96. The van der Waals surface area contributed by atoms with Crippen LogP contribution < -0.4 is 21.7 Å². The first-order valence-corrected chi connectivity index (χ1v) is 13.4. The minimum atomic E-state index is -1.32. The Hall–Kier alpha value is -3.43. The monoisotopic (exact) mass is 530 g/mol. The SMILES string of the molecule is CCCC[C@H](C)[C@@H]1CC(=O)N[C@@H](Cc2ccccc2)C(=O)N[C@@H](CC(N)=O)C(=O)N[C@H](CC(C)C)C(=O)O1. The zero-order valence-corrected chi connectivity index (χ0v) is 22.8. The number of nitrogens with one attached hydrogen (secondary N) is 3. The van der Waals surface area contributed by atoms with Crippen molar-refractivity contribution in [2.75, 3.05) is 0 Å². The number of nitrogens with two attached hydrogens (primary N) is 1. The molecule has 0 saturated carbocycles. The number of carbonyl (C=O) groups is 5. The van der Waals surface area contributed by atoms with E-state index >= 15 is 0 Å². The Labute approximate surface area is 224 Å². The highest BCUT2D eigenvalue weighted by molar-refractivity contribution is 5.96. The van der Waals surface area contributed by atoms with E-state index in [0.29, 0.717) is 0 Å². The van der Waals surface area contributed by atoms with E-state index in [2.05, 4.69) is 22.9 Å². The third kappa shape index (κ3) is 10.1. The van der Waals surface area contributed by atoms with Crippen LogP contribution in [0.3, 0.4) is 0 Å². The van der Waals surface area contributed by atoms with Crippen molar-refractivity contribution < 1.29 is 28.7 Å². The van der Waals surface area contributed by atoms with E-state index in [9.17, 15) is 24.0 Å². The van der Waals surface area contributed by atoms with E-state index in [-0.39, 0.29) is 31.1 Å². The molecule has 0 unspecified atom stereocenters. The van der Waals surface area contributed by atoms with Crippen LogP contribution >= 0.6 is 0 Å². The number of amides is 4. The molecule has 1 aliphatic heterocycles. The first kappa shape index (κ1) is 30.8. The number of carbonyl (C=O) groups excluding carboxylic acids is 5. The summed E-state index contributed by atoms with van der Waals surface area (Å²) < 4.78 is 5.84. The number of primary amides is 1. The number of esters is 1. The van der Waals surface area contributed by atoms with Crippen LogP contribution in [0, 0.1) is 11.8 Å². The lowest BCUT2D eigenvalue weighted by atomic mass is 9.95. The van der Waals surface area contributed by atoms with E-state index in [1.807, 2.05) is 51.1 Å². The molecule has 0 radical (unpaired) electrons. The van der Waals surface area contributed by atoms with E-state index in [4.69, 9.17) is 10.5 Å². The molecule has 10 nitrogen and oxygen atoms in total. The summed E-state index contributed by atoms with van der Waals surface area (Å²) in [4.78, 5) is 64.7. The predicted molar refractivity (Wildman–Crippen MR) is 142 cm³/mol. The minimum Gasteiger partial charge on any atom is -0.460 e. The van der Waals surface area contributed by atoms with Crippen molar-refractivity contribution in [3.63, 3.8) is 0 Å². The molecule has 0 bridgehead atoms. The van der Waals surface area contributed by atoms with Gasteiger partial charge in [0.05, 0.1) is 12.8 Å². The van der Waals surface area contributed by atoms with Crippen LogP contribution in [0.4, 0.5) is 0 Å². The molecule has 1 aromatic rings. The third-order valence-electron chi connectivity index (χ3n) is 6.58. The molecule has 10 heteroatoms. The van der Waals surface area contributed by atoms with Gasteiger partial charge in [-0.25, -0.2) is 4.79 Å². The van der Waals surface area contributed by atoms with Gasteiger partial charge in [-0.1, -0.05) is 70.9 Å². The molecule has 4 amide bonds. The summed E-state index contributed by atoms with van der Waals surface area (Å²) in [7, 11) is 0. The summed E-state index contributed by atoms with van der Waals surface area (Å²) in [6, 6.07) is 5.75. The van der Waals surface area contributed by atoms with Gasteiger partial charge in [-0.3, -0.25) is 19.2 Å². The topological polar surface area (TPSA) is 157 Å². The van der Waals surface area contributed by atoms with Gasteiger partial charge in [0, 0.05) is 6.42 Å². The quantitative estimate of drug-likeness (QED) is 0.338. The summed E-state index contributed by atoms with van der Waals surface area (Å²) in [6.45, 7) is 7.77. The molecule has 1 saturated heterocycles. The summed E-state index contributed by atoms with van der Waals surface area (Å²) >= 11 is 0. The molecule has 210 valence electrons. The lowest BCUT2D eigenvalue weighted by Crippen LogP contribution is -2.56. The smallest absolute Gasteiger partial charge is 0.328 e. The Morgan fingerprint density at radius 3 is 2.21 bits per heavy atom. The van der Waals surface area contributed by atoms with Crippen molar-refractivity contribution in [3.8, 4) is 0 Å². The van der Waals surface area contributed by atoms with E-state index in [0.717, 1.165) is 24.8 Å². The summed E-state index contributed by atoms with van der Waals surface area (Å²) in [5.41, 5.74) is 6.15. The fourth-order valence-corrected chi connectivity index (χ4v) is 4.44. The summed E-state index contributed by atoms with van der Waals surface area (Å²) in [5.74, 6) is -3.35. The van der Waals surface area contributed by atoms with Gasteiger partial charge in [0.25, 0.3) is 0 Å². The van der Waals surface area contributed by atoms with Crippen molar-refractivity contribution in [1.29, 1.82) is 0 Å². The molecule has 38 heavy (non-hydrogen) atoms. The number of hydrogen-bond donors (Lipinski definition) is 4. The Morgan fingerprint density at radius 2 is 1.61 bits per heavy atom. The number of cyclic esters (lactones) is 1. The average molecular weight is 531 g/mol. The second-order valence-corrected chi connectivity index (χ2v) is 10.5. The fraction of sp³-hybridized carbons (Fsp3) is 0.607. The maximum absolute atomic E-state index is 13.3. The molecule has 2 rings (SSSR count). The van der Waals surface area contributed by atoms with Crippen LogP contribution in [-0.2, 0) is 35.1 Å². The van der Waals surface area contributed by atoms with Crippen LogP contribution in [0.15, 0.2) is 30.3 Å². The van der Waals surface area contributed by atoms with Gasteiger partial charge in [0.1, 0.15) is 24.2 Å². The maximum Gasteiger partial charge on any atom is 0.328 e. The Bertz CT molecular complexity index is 967. The normalized spacial score (nSPS) is 24.1. The van der Waals surface area contributed by atoms with Gasteiger partial charge < -0.3 is 26.4 Å². The molecular formula is C28H42N4O6. The third-order valence-corrected chi connectivity index (χ3v) is 6.58. The van der Waals surface area contributed by atoms with Gasteiger partial charge in [-0.2, -0.15) is 0 Å². The molecule has 1 heterocycles. The lowest BCUT2D eigenvalue weighted by Gasteiger charge is -2.27. The minimum absolute atomic E-state index is 0.0298. The second-order valence-electron chi connectivity index (χ2n) is 10.5. The van der Waals surface area contributed by atoms with E-state index in [1.165, 1.54) is 0 Å². The highest BCUT2D eigenvalue weighted by atomic mass is 16.5. The highest BCUT2D eigenvalue weighted by Gasteiger charge is 2.35. The average Bonchev–Trinajstić information content (AvgIpc) is 2.85. The zero-order chi connectivity index (χ0) is 28.2. The standard InChI is InChI=1S/C28H42N4O6/c1-5-6-10-18(4)23-16-25(34)30-20(14-19-11-8-7-9-12-19)26(35)31-21(15-24(29)33)27(36)32-22(13-17(2)3)28(37)38-23/h7-9,11-12,17-18,20-23H,5-6,10,13-16H2,1-4H3,(H2,29,33)(H,30,34)(H,31,35)(H,32,36)/t18-,20-,21-,22+,23-/m0/s1. The van der Waals surface area contributed by atoms with Gasteiger partial charge >= 0.3 is 5.97 Å². The van der Waals surface area contributed by atoms with Crippen LogP contribution in [0.5, 0.6) is 0 Å². The molecule has 0 aromatic heterocycles. The molecule has 1 aliphatic rings. The Balaban J connectivity index is 2.45. The first-order valence-electron chi connectivity index (χ1n) is 13.4. The van der Waals surface area contributed by atoms with Crippen LogP contribution in [0.1, 0.15) is 71.8 Å². The molecule has 1 aromatic carbocycles. The van der Waals surface area contributed by atoms with E-state index in [1.54, 1.807) is 0 Å². The van der Waals surface area contributed by atoms with E-state index < -0.39 is 60.2 Å². The van der Waals surface area contributed by atoms with Crippen molar-refractivity contribution in [2.24, 2.45) is 17.6 Å². The highest BCUT2D eigenvalue weighted by Crippen LogP contribution is 2.21. The largest absolute Gasteiger partial charge is 0.460 e. The van der Waals surface area contributed by atoms with Crippen LogP contribution in [0.2, 0.25) is 0 Å². The molecule has 5 atom stereocenters. The molecule has 5 N–H and O–H groups in total. The molecule has 0 aliphatic carbocycles. The fourth-order valence-electron chi connectivity index (χ4n) is 4.44. The van der Waals surface area contributed by atoms with Crippen molar-refractivity contribution in [2.45, 2.75) is 96.9 Å². The van der Waals surface area contributed by atoms with Crippen molar-refractivity contribution in [1.82, 2.24) is 16.0 Å². The van der Waals surface area contributed by atoms with Gasteiger partial charge in [0.15, 0.2) is 0 Å². The number of benzene rings is 1. The molecule has 1 fully saturated rings. The van der Waals surface area contributed by atoms with Gasteiger partial charge in [-0.05, 0) is 30.2 Å². The lowest BCUT2D eigenvalue weighted by molar-refractivity contribution is -0.157. The Morgan fingerprint density at radius 1 is 0.974 bits per heavy atom. The number of hydrogen-bond acceptors (Lipinski definition) is 6. The zero-order valence-electron chi connectivity index (χ0n) is 22.8. The van der Waals surface area contributed by atoms with Crippen LogP contribution in [0.25, 0.3) is 0 Å². The first-order chi connectivity index (χ1) is 18.0. The second kappa shape index (κ2) is 15.1. The number of ether oxygens (including phenoxy) is 1.